The molecule has 0 fully saturated rings. The van der Waals surface area contributed by atoms with Gasteiger partial charge in [-0.25, -0.2) is 8.42 Å². The molecule has 3 nitrogen and oxygen atoms in total. The molecule has 3 rings (SSSR count). The quantitative estimate of drug-likeness (QED) is 0.664. The summed E-state index contributed by atoms with van der Waals surface area (Å²) in [5, 5.41) is 0. The smallest absolute Gasteiger partial charge is 0.263 e. The van der Waals surface area contributed by atoms with E-state index in [0.717, 1.165) is 11.1 Å². The first-order valence-electron chi connectivity index (χ1n) is 7.45. The molecule has 0 saturated heterocycles. The maximum atomic E-state index is 12.7. The van der Waals surface area contributed by atoms with Crippen LogP contribution in [0.3, 0.4) is 0 Å². The normalized spacial score (nSPS) is 11.2. The molecule has 0 spiro atoms. The molecule has 3 aromatic rings. The molecule has 0 radical (unpaired) electrons. The average molecular weight is 402 g/mol. The molecule has 0 saturated carbocycles. The summed E-state index contributed by atoms with van der Waals surface area (Å²) in [4.78, 5) is 0.222. The Morgan fingerprint density at radius 2 is 1.42 bits per heavy atom. The molecule has 3 aromatic carbocycles. The van der Waals surface area contributed by atoms with Crippen LogP contribution in [0.5, 0.6) is 0 Å². The Labute approximate surface area is 150 Å². The van der Waals surface area contributed by atoms with Gasteiger partial charge in [0.25, 0.3) is 10.0 Å². The van der Waals surface area contributed by atoms with Crippen molar-refractivity contribution in [3.63, 3.8) is 0 Å². The molecular formula is C19H16BrNO2S. The number of hydrogen-bond acceptors (Lipinski definition) is 2. The van der Waals surface area contributed by atoms with Crippen LogP contribution in [-0.2, 0) is 16.4 Å². The van der Waals surface area contributed by atoms with E-state index in [2.05, 4.69) is 20.7 Å². The number of anilines is 1. The summed E-state index contributed by atoms with van der Waals surface area (Å²) in [7, 11) is -3.66. The third-order valence-electron chi connectivity index (χ3n) is 3.63. The first kappa shape index (κ1) is 16.7. The van der Waals surface area contributed by atoms with Crippen molar-refractivity contribution in [2.75, 3.05) is 4.72 Å². The van der Waals surface area contributed by atoms with Crippen LogP contribution in [0.4, 0.5) is 5.69 Å². The van der Waals surface area contributed by atoms with E-state index >= 15 is 0 Å². The van der Waals surface area contributed by atoms with Crippen LogP contribution in [-0.4, -0.2) is 8.42 Å². The lowest BCUT2D eigenvalue weighted by Gasteiger charge is -2.13. The maximum Gasteiger partial charge on any atom is 0.263 e. The predicted octanol–water partition coefficient (Wildman–Crippen LogP) is 4.84. The molecule has 0 unspecified atom stereocenters. The molecule has 0 atom stereocenters. The first-order chi connectivity index (χ1) is 11.6. The average Bonchev–Trinajstić information content (AvgIpc) is 2.57. The molecule has 0 heterocycles. The second kappa shape index (κ2) is 7.20. The van der Waals surface area contributed by atoms with E-state index in [4.69, 9.17) is 0 Å². The summed E-state index contributed by atoms with van der Waals surface area (Å²) in [5.74, 6) is 0. The zero-order valence-corrected chi connectivity index (χ0v) is 15.2. The number of rotatable bonds is 5. The fourth-order valence-corrected chi connectivity index (χ4v) is 4.56. The highest BCUT2D eigenvalue weighted by molar-refractivity contribution is 9.10. The maximum absolute atomic E-state index is 12.7. The molecule has 5 heteroatoms. The van der Waals surface area contributed by atoms with Crippen LogP contribution in [0.25, 0.3) is 0 Å². The lowest BCUT2D eigenvalue weighted by atomic mass is 10.0. The van der Waals surface area contributed by atoms with Crippen molar-refractivity contribution in [1.82, 2.24) is 0 Å². The molecule has 0 amide bonds. The highest BCUT2D eigenvalue weighted by atomic mass is 79.9. The van der Waals surface area contributed by atoms with Gasteiger partial charge in [0, 0.05) is 4.47 Å². The van der Waals surface area contributed by atoms with E-state index in [1.807, 2.05) is 48.5 Å². The largest absolute Gasteiger partial charge is 0.279 e. The second-order valence-electron chi connectivity index (χ2n) is 5.36. The number of para-hydroxylation sites is 1. The molecule has 0 aliphatic carbocycles. The molecule has 0 aliphatic heterocycles. The standard InChI is InChI=1S/C19H16BrNO2S/c20-17-11-5-7-13-19(17)24(22,23)21-18-12-6-4-10-16(18)14-15-8-2-1-3-9-15/h1-13,21H,14H2. The highest BCUT2D eigenvalue weighted by Gasteiger charge is 2.18. The number of halogens is 1. The van der Waals surface area contributed by atoms with Crippen LogP contribution < -0.4 is 4.72 Å². The Morgan fingerprint density at radius 3 is 2.17 bits per heavy atom. The van der Waals surface area contributed by atoms with Crippen LogP contribution in [0.1, 0.15) is 11.1 Å². The zero-order valence-electron chi connectivity index (χ0n) is 12.8. The van der Waals surface area contributed by atoms with Crippen molar-refractivity contribution in [3.05, 3.63) is 94.5 Å². The van der Waals surface area contributed by atoms with Gasteiger partial charge in [-0.05, 0) is 51.7 Å². The van der Waals surface area contributed by atoms with Crippen molar-refractivity contribution in [2.24, 2.45) is 0 Å². The van der Waals surface area contributed by atoms with Gasteiger partial charge in [-0.3, -0.25) is 4.72 Å². The van der Waals surface area contributed by atoms with E-state index in [-0.39, 0.29) is 4.90 Å². The van der Waals surface area contributed by atoms with Gasteiger partial charge < -0.3 is 0 Å². The Morgan fingerprint density at radius 1 is 0.792 bits per heavy atom. The van der Waals surface area contributed by atoms with E-state index in [1.54, 1.807) is 30.3 Å². The molecule has 0 aromatic heterocycles. The van der Waals surface area contributed by atoms with Crippen molar-refractivity contribution in [3.8, 4) is 0 Å². The van der Waals surface area contributed by atoms with Crippen molar-refractivity contribution < 1.29 is 8.42 Å². The first-order valence-corrected chi connectivity index (χ1v) is 9.73. The fraction of sp³-hybridized carbons (Fsp3) is 0.0526. The summed E-state index contributed by atoms with van der Waals surface area (Å²) in [6.45, 7) is 0. The summed E-state index contributed by atoms with van der Waals surface area (Å²) in [6, 6.07) is 24.2. The van der Waals surface area contributed by atoms with E-state index in [0.29, 0.717) is 16.6 Å². The van der Waals surface area contributed by atoms with Crippen LogP contribution in [0, 0.1) is 0 Å². The third kappa shape index (κ3) is 3.86. The highest BCUT2D eigenvalue weighted by Crippen LogP contribution is 2.26. The summed E-state index contributed by atoms with van der Waals surface area (Å²) in [6.07, 6.45) is 0.662. The minimum Gasteiger partial charge on any atom is -0.279 e. The third-order valence-corrected chi connectivity index (χ3v) is 6.00. The van der Waals surface area contributed by atoms with Crippen LogP contribution in [0.15, 0.2) is 88.2 Å². The summed E-state index contributed by atoms with van der Waals surface area (Å²) < 4.78 is 28.6. The van der Waals surface area contributed by atoms with E-state index in [1.165, 1.54) is 0 Å². The van der Waals surface area contributed by atoms with Crippen molar-refractivity contribution in [2.45, 2.75) is 11.3 Å². The van der Waals surface area contributed by atoms with Gasteiger partial charge in [-0.2, -0.15) is 0 Å². The minimum atomic E-state index is -3.66. The number of benzene rings is 3. The van der Waals surface area contributed by atoms with Gasteiger partial charge in [0.05, 0.1) is 5.69 Å². The predicted molar refractivity (Wildman–Crippen MR) is 101 cm³/mol. The van der Waals surface area contributed by atoms with Gasteiger partial charge in [-0.1, -0.05) is 60.7 Å². The molecule has 1 N–H and O–H groups in total. The van der Waals surface area contributed by atoms with Gasteiger partial charge >= 0.3 is 0 Å². The Bertz CT molecular complexity index is 940. The fourth-order valence-electron chi connectivity index (χ4n) is 2.45. The van der Waals surface area contributed by atoms with Gasteiger partial charge in [0.2, 0.25) is 0 Å². The molecule has 122 valence electrons. The SMILES string of the molecule is O=S(=O)(Nc1ccccc1Cc1ccccc1)c1ccccc1Br. The second-order valence-corrected chi connectivity index (χ2v) is 7.86. The van der Waals surface area contributed by atoms with Crippen molar-refractivity contribution in [1.29, 1.82) is 0 Å². The summed E-state index contributed by atoms with van der Waals surface area (Å²) in [5.41, 5.74) is 2.65. The Hall–Kier alpha value is -2.11. The van der Waals surface area contributed by atoms with Crippen LogP contribution in [0.2, 0.25) is 0 Å². The summed E-state index contributed by atoms with van der Waals surface area (Å²) >= 11 is 3.30. The molecular weight excluding hydrogens is 386 g/mol. The van der Waals surface area contributed by atoms with Gasteiger partial charge in [0.1, 0.15) is 4.90 Å². The topological polar surface area (TPSA) is 46.2 Å². The lowest BCUT2D eigenvalue weighted by molar-refractivity contribution is 0.600. The van der Waals surface area contributed by atoms with Crippen LogP contribution >= 0.6 is 15.9 Å². The molecule has 24 heavy (non-hydrogen) atoms. The monoisotopic (exact) mass is 401 g/mol. The van der Waals surface area contributed by atoms with E-state index < -0.39 is 10.0 Å². The Balaban J connectivity index is 1.92. The number of nitrogens with one attached hydrogen (secondary N) is 1. The van der Waals surface area contributed by atoms with Gasteiger partial charge in [0.15, 0.2) is 0 Å². The zero-order chi connectivity index (χ0) is 17.0. The number of hydrogen-bond donors (Lipinski definition) is 1. The molecule has 0 aliphatic rings. The Kier molecular flexibility index (Phi) is 5.02. The van der Waals surface area contributed by atoms with E-state index in [9.17, 15) is 8.42 Å². The lowest BCUT2D eigenvalue weighted by Crippen LogP contribution is -2.14. The minimum absolute atomic E-state index is 0.222. The number of sulfonamides is 1. The van der Waals surface area contributed by atoms with Crippen molar-refractivity contribution >= 4 is 31.6 Å². The molecule has 0 bridgehead atoms. The van der Waals surface area contributed by atoms with Gasteiger partial charge in [-0.15, -0.1) is 0 Å².